The molecule has 6 rings (SSSR count). The first-order valence-corrected chi connectivity index (χ1v) is 12.6. The molecular formula is C30H27BO2S. The van der Waals surface area contributed by atoms with Crippen molar-refractivity contribution in [2.24, 2.45) is 0 Å². The predicted molar refractivity (Wildman–Crippen MR) is 146 cm³/mol. The third kappa shape index (κ3) is 3.49. The van der Waals surface area contributed by atoms with Gasteiger partial charge in [0.1, 0.15) is 0 Å². The molecule has 34 heavy (non-hydrogen) atoms. The fourth-order valence-corrected chi connectivity index (χ4v) is 5.85. The normalized spacial score (nSPS) is 17.0. The average molecular weight is 462 g/mol. The van der Waals surface area contributed by atoms with Crippen LogP contribution in [0.4, 0.5) is 0 Å². The molecule has 0 spiro atoms. The maximum Gasteiger partial charge on any atom is 0.494 e. The number of benzene rings is 4. The summed E-state index contributed by atoms with van der Waals surface area (Å²) < 4.78 is 15.2. The quantitative estimate of drug-likeness (QED) is 0.256. The molecule has 1 aromatic heterocycles. The zero-order chi connectivity index (χ0) is 23.5. The summed E-state index contributed by atoms with van der Waals surface area (Å²) in [5.74, 6) is 0. The summed E-state index contributed by atoms with van der Waals surface area (Å²) in [6.45, 7) is 8.37. The third-order valence-corrected chi connectivity index (χ3v) is 8.45. The summed E-state index contributed by atoms with van der Waals surface area (Å²) in [6, 6.07) is 32.7. The molecule has 0 bridgehead atoms. The molecule has 1 fully saturated rings. The minimum absolute atomic E-state index is 0.345. The van der Waals surface area contributed by atoms with Gasteiger partial charge >= 0.3 is 7.12 Å². The first-order valence-electron chi connectivity index (χ1n) is 11.8. The van der Waals surface area contributed by atoms with Crippen LogP contribution in [0.2, 0.25) is 0 Å². The Hall–Kier alpha value is -2.92. The van der Waals surface area contributed by atoms with E-state index in [-0.39, 0.29) is 18.3 Å². The van der Waals surface area contributed by atoms with Crippen molar-refractivity contribution < 1.29 is 9.31 Å². The van der Waals surface area contributed by atoms with E-state index in [9.17, 15) is 0 Å². The highest BCUT2D eigenvalue weighted by atomic mass is 32.1. The fourth-order valence-electron chi connectivity index (χ4n) is 4.68. The Morgan fingerprint density at radius 2 is 1.26 bits per heavy atom. The molecule has 0 amide bonds. The van der Waals surface area contributed by atoms with Crippen LogP contribution in [0.5, 0.6) is 0 Å². The van der Waals surface area contributed by atoms with Crippen molar-refractivity contribution in [3.8, 4) is 22.3 Å². The van der Waals surface area contributed by atoms with Crippen LogP contribution in [-0.2, 0) is 9.31 Å². The first-order chi connectivity index (χ1) is 16.3. The molecular weight excluding hydrogens is 435 g/mol. The molecule has 0 atom stereocenters. The van der Waals surface area contributed by atoms with Gasteiger partial charge in [0.2, 0.25) is 0 Å². The van der Waals surface area contributed by atoms with Gasteiger partial charge in [-0.05, 0) is 73.6 Å². The first kappa shape index (κ1) is 21.6. The molecule has 1 aliphatic heterocycles. The molecule has 2 heterocycles. The van der Waals surface area contributed by atoms with Crippen LogP contribution in [0.1, 0.15) is 27.7 Å². The Labute approximate surface area is 205 Å². The van der Waals surface area contributed by atoms with Gasteiger partial charge in [-0.1, -0.05) is 72.8 Å². The summed E-state index contributed by atoms with van der Waals surface area (Å²) in [6.07, 6.45) is 0. The zero-order valence-corrected chi connectivity index (χ0v) is 20.8. The van der Waals surface area contributed by atoms with Crippen LogP contribution in [0, 0.1) is 0 Å². The van der Waals surface area contributed by atoms with E-state index in [0.29, 0.717) is 0 Å². The van der Waals surface area contributed by atoms with Gasteiger partial charge in [0, 0.05) is 20.2 Å². The van der Waals surface area contributed by atoms with E-state index in [1.807, 2.05) is 11.3 Å². The summed E-state index contributed by atoms with van der Waals surface area (Å²) in [5.41, 5.74) is 5.29. The Morgan fingerprint density at radius 3 is 1.97 bits per heavy atom. The number of hydrogen-bond acceptors (Lipinski definition) is 3. The van der Waals surface area contributed by atoms with Gasteiger partial charge in [0.05, 0.1) is 11.2 Å². The van der Waals surface area contributed by atoms with E-state index in [2.05, 4.69) is 119 Å². The van der Waals surface area contributed by atoms with Gasteiger partial charge in [-0.15, -0.1) is 11.3 Å². The van der Waals surface area contributed by atoms with E-state index in [4.69, 9.17) is 9.31 Å². The highest BCUT2D eigenvalue weighted by Crippen LogP contribution is 2.43. The van der Waals surface area contributed by atoms with Gasteiger partial charge in [-0.3, -0.25) is 0 Å². The third-order valence-electron chi connectivity index (χ3n) is 7.33. The molecule has 0 unspecified atom stereocenters. The van der Waals surface area contributed by atoms with Gasteiger partial charge in [0.25, 0.3) is 0 Å². The van der Waals surface area contributed by atoms with E-state index in [1.54, 1.807) is 0 Å². The molecule has 1 aliphatic rings. The monoisotopic (exact) mass is 462 g/mol. The lowest BCUT2D eigenvalue weighted by Crippen LogP contribution is -2.41. The number of rotatable bonds is 3. The van der Waals surface area contributed by atoms with E-state index < -0.39 is 0 Å². The van der Waals surface area contributed by atoms with Gasteiger partial charge in [-0.2, -0.15) is 0 Å². The summed E-state index contributed by atoms with van der Waals surface area (Å²) in [5, 5.41) is 2.64. The SMILES string of the molecule is CC1(C)OB(c2ccc(-c3cc(-c4ccccc4)cc4sc5ccccc5c34)cc2)OC1(C)C. The highest BCUT2D eigenvalue weighted by Gasteiger charge is 2.51. The molecule has 0 saturated carbocycles. The van der Waals surface area contributed by atoms with E-state index in [1.165, 1.54) is 42.4 Å². The molecule has 4 aromatic carbocycles. The lowest BCUT2D eigenvalue weighted by atomic mass is 9.78. The molecule has 0 radical (unpaired) electrons. The standard InChI is InChI=1S/C30H27BO2S/c1-29(2)30(3,4)33-31(32-29)23-16-14-21(15-17-23)25-18-22(20-10-6-5-7-11-20)19-27-28(25)24-12-8-9-13-26(24)34-27/h5-19H,1-4H3. The van der Waals surface area contributed by atoms with Crippen molar-refractivity contribution in [3.63, 3.8) is 0 Å². The maximum atomic E-state index is 6.27. The van der Waals surface area contributed by atoms with Gasteiger partial charge < -0.3 is 9.31 Å². The summed E-state index contributed by atoms with van der Waals surface area (Å²) in [7, 11) is -0.350. The molecule has 0 N–H and O–H groups in total. The highest BCUT2D eigenvalue weighted by molar-refractivity contribution is 7.26. The summed E-state index contributed by atoms with van der Waals surface area (Å²) >= 11 is 1.86. The molecule has 4 heteroatoms. The zero-order valence-electron chi connectivity index (χ0n) is 20.0. The van der Waals surface area contributed by atoms with Crippen molar-refractivity contribution in [1.29, 1.82) is 0 Å². The Morgan fingerprint density at radius 1 is 0.618 bits per heavy atom. The second-order valence-electron chi connectivity index (χ2n) is 10.1. The largest absolute Gasteiger partial charge is 0.494 e. The Bertz CT molecular complexity index is 1480. The Kier molecular flexibility index (Phi) is 4.96. The van der Waals surface area contributed by atoms with Crippen molar-refractivity contribution in [2.75, 3.05) is 0 Å². The van der Waals surface area contributed by atoms with Crippen molar-refractivity contribution in [3.05, 3.63) is 91.0 Å². The van der Waals surface area contributed by atoms with Crippen LogP contribution in [0.3, 0.4) is 0 Å². The summed E-state index contributed by atoms with van der Waals surface area (Å²) in [4.78, 5) is 0. The lowest BCUT2D eigenvalue weighted by molar-refractivity contribution is 0.00578. The molecule has 2 nitrogen and oxygen atoms in total. The minimum Gasteiger partial charge on any atom is -0.399 e. The lowest BCUT2D eigenvalue weighted by Gasteiger charge is -2.32. The topological polar surface area (TPSA) is 18.5 Å². The number of hydrogen-bond donors (Lipinski definition) is 0. The molecule has 168 valence electrons. The fraction of sp³-hybridized carbons (Fsp3) is 0.200. The van der Waals surface area contributed by atoms with Crippen molar-refractivity contribution in [1.82, 2.24) is 0 Å². The maximum absolute atomic E-state index is 6.27. The van der Waals surface area contributed by atoms with Crippen molar-refractivity contribution in [2.45, 2.75) is 38.9 Å². The molecule has 0 aliphatic carbocycles. The average Bonchev–Trinajstić information content (AvgIpc) is 3.32. The van der Waals surface area contributed by atoms with Crippen LogP contribution in [-0.4, -0.2) is 18.3 Å². The number of thiophene rings is 1. The van der Waals surface area contributed by atoms with Crippen LogP contribution >= 0.6 is 11.3 Å². The van der Waals surface area contributed by atoms with Gasteiger partial charge in [0.15, 0.2) is 0 Å². The van der Waals surface area contributed by atoms with Crippen molar-refractivity contribution >= 4 is 44.1 Å². The van der Waals surface area contributed by atoms with Crippen LogP contribution in [0.25, 0.3) is 42.4 Å². The predicted octanol–water partition coefficient (Wildman–Crippen LogP) is 7.69. The second kappa shape index (κ2) is 7.81. The Balaban J connectivity index is 1.48. The minimum atomic E-state index is -0.350. The van der Waals surface area contributed by atoms with E-state index >= 15 is 0 Å². The molecule has 1 saturated heterocycles. The van der Waals surface area contributed by atoms with Crippen LogP contribution < -0.4 is 5.46 Å². The van der Waals surface area contributed by atoms with E-state index in [0.717, 1.165) is 5.46 Å². The smallest absolute Gasteiger partial charge is 0.399 e. The van der Waals surface area contributed by atoms with Crippen LogP contribution in [0.15, 0.2) is 91.0 Å². The number of fused-ring (bicyclic) bond motifs is 3. The molecule has 5 aromatic rings. The second-order valence-corrected chi connectivity index (χ2v) is 11.2. The van der Waals surface area contributed by atoms with Gasteiger partial charge in [-0.25, -0.2) is 0 Å².